The summed E-state index contributed by atoms with van der Waals surface area (Å²) in [7, 11) is 0. The minimum Gasteiger partial charge on any atom is -0.399 e. The van der Waals surface area contributed by atoms with Gasteiger partial charge in [0, 0.05) is 12.1 Å². The number of nitrogens with two attached hydrogens (primary N) is 1. The van der Waals surface area contributed by atoms with E-state index in [1.54, 1.807) is 12.1 Å². The molecule has 3 nitrogen and oxygen atoms in total. The molecule has 0 heterocycles. The van der Waals surface area contributed by atoms with Crippen LogP contribution in [0.15, 0.2) is 48.5 Å². The number of halogens is 1. The summed E-state index contributed by atoms with van der Waals surface area (Å²) in [5, 5.41) is 3.15. The molecule has 1 atom stereocenters. The Morgan fingerprint density at radius 3 is 2.64 bits per heavy atom. The van der Waals surface area contributed by atoms with E-state index in [0.717, 1.165) is 24.0 Å². The molecule has 1 amide bonds. The maximum atomic E-state index is 13.6. The fraction of sp³-hybridized carbons (Fsp3) is 0.381. The fourth-order valence-electron chi connectivity index (χ4n) is 3.72. The lowest BCUT2D eigenvalue weighted by Gasteiger charge is -2.25. The van der Waals surface area contributed by atoms with Crippen LogP contribution in [0.4, 0.5) is 10.1 Å². The third-order valence-corrected chi connectivity index (χ3v) is 5.07. The number of carbonyl (C=O) groups is 1. The number of nitrogen functional groups attached to an aromatic ring is 1. The van der Waals surface area contributed by atoms with Crippen molar-refractivity contribution < 1.29 is 9.18 Å². The van der Waals surface area contributed by atoms with Gasteiger partial charge in [0.1, 0.15) is 5.82 Å². The summed E-state index contributed by atoms with van der Waals surface area (Å²) in [6.07, 6.45) is 5.49. The highest BCUT2D eigenvalue weighted by Gasteiger charge is 2.27. The lowest BCUT2D eigenvalue weighted by atomic mass is 9.91. The molecule has 132 valence electrons. The Balaban J connectivity index is 1.67. The predicted molar refractivity (Wildman–Crippen MR) is 98.4 cm³/mol. The molecule has 1 aliphatic rings. The Hall–Kier alpha value is -2.36. The van der Waals surface area contributed by atoms with Gasteiger partial charge in [0.25, 0.3) is 0 Å². The van der Waals surface area contributed by atoms with Gasteiger partial charge in [-0.25, -0.2) is 4.39 Å². The van der Waals surface area contributed by atoms with Crippen molar-refractivity contribution in [2.45, 2.75) is 44.6 Å². The molecule has 1 aliphatic carbocycles. The molecule has 0 bridgehead atoms. The van der Waals surface area contributed by atoms with E-state index in [0.29, 0.717) is 24.4 Å². The first-order valence-corrected chi connectivity index (χ1v) is 9.01. The highest BCUT2D eigenvalue weighted by atomic mass is 19.1. The fourth-order valence-corrected chi connectivity index (χ4v) is 3.72. The number of amides is 1. The summed E-state index contributed by atoms with van der Waals surface area (Å²) in [6.45, 7) is 0. The highest BCUT2D eigenvalue weighted by Crippen LogP contribution is 2.36. The number of aryl methyl sites for hydroxylation is 1. The van der Waals surface area contributed by atoms with Crippen molar-refractivity contribution in [1.82, 2.24) is 5.32 Å². The summed E-state index contributed by atoms with van der Waals surface area (Å²) < 4.78 is 13.6. The number of hydrogen-bond acceptors (Lipinski definition) is 2. The molecule has 1 saturated carbocycles. The Labute approximate surface area is 148 Å². The number of anilines is 1. The van der Waals surface area contributed by atoms with Crippen LogP contribution in [0.5, 0.6) is 0 Å². The van der Waals surface area contributed by atoms with Gasteiger partial charge < -0.3 is 11.1 Å². The molecule has 3 N–H and O–H groups in total. The molecule has 1 fully saturated rings. The molecule has 25 heavy (non-hydrogen) atoms. The largest absolute Gasteiger partial charge is 0.399 e. The molecule has 2 aromatic carbocycles. The minimum absolute atomic E-state index is 0.00980. The molecule has 0 radical (unpaired) electrons. The Morgan fingerprint density at radius 1 is 1.16 bits per heavy atom. The van der Waals surface area contributed by atoms with Crippen LogP contribution in [-0.4, -0.2) is 5.91 Å². The van der Waals surface area contributed by atoms with E-state index >= 15 is 0 Å². The molecule has 1 unspecified atom stereocenters. The van der Waals surface area contributed by atoms with Gasteiger partial charge in [-0.2, -0.15) is 0 Å². The van der Waals surface area contributed by atoms with Crippen molar-refractivity contribution in [2.75, 3.05) is 5.73 Å². The van der Waals surface area contributed by atoms with Crippen molar-refractivity contribution in [3.63, 3.8) is 0 Å². The van der Waals surface area contributed by atoms with Crippen LogP contribution in [0.3, 0.4) is 0 Å². The van der Waals surface area contributed by atoms with Crippen LogP contribution in [0, 0.1) is 11.7 Å². The second-order valence-electron chi connectivity index (χ2n) is 6.84. The van der Waals surface area contributed by atoms with E-state index in [1.807, 2.05) is 30.3 Å². The Bertz CT molecular complexity index is 725. The average molecular weight is 340 g/mol. The zero-order chi connectivity index (χ0) is 17.6. The molecule has 0 aliphatic heterocycles. The zero-order valence-corrected chi connectivity index (χ0v) is 14.4. The van der Waals surface area contributed by atoms with Gasteiger partial charge in [-0.15, -0.1) is 0 Å². The molecule has 0 aromatic heterocycles. The average Bonchev–Trinajstić information content (AvgIpc) is 3.13. The first-order valence-electron chi connectivity index (χ1n) is 9.01. The van der Waals surface area contributed by atoms with Crippen molar-refractivity contribution in [1.29, 1.82) is 0 Å². The van der Waals surface area contributed by atoms with Crippen LogP contribution >= 0.6 is 0 Å². The summed E-state index contributed by atoms with van der Waals surface area (Å²) in [5.41, 5.74) is 8.50. The Kier molecular flexibility index (Phi) is 5.69. The second kappa shape index (κ2) is 8.15. The molecule has 2 aromatic rings. The minimum atomic E-state index is -0.258. The van der Waals surface area contributed by atoms with E-state index in [1.165, 1.54) is 18.9 Å². The number of hydrogen-bond donors (Lipinski definition) is 2. The van der Waals surface area contributed by atoms with Crippen LogP contribution in [0.25, 0.3) is 0 Å². The summed E-state index contributed by atoms with van der Waals surface area (Å²) in [4.78, 5) is 12.5. The first kappa shape index (κ1) is 17.5. The van der Waals surface area contributed by atoms with E-state index < -0.39 is 0 Å². The SMILES string of the molecule is Nc1ccccc1CCC(=O)NC(c1cccc(F)c1)C1CCCC1. The second-order valence-corrected chi connectivity index (χ2v) is 6.84. The number of para-hydroxylation sites is 1. The van der Waals surface area contributed by atoms with Crippen LogP contribution in [0.1, 0.15) is 49.3 Å². The van der Waals surface area contributed by atoms with Gasteiger partial charge in [-0.1, -0.05) is 43.2 Å². The van der Waals surface area contributed by atoms with Crippen molar-refractivity contribution >= 4 is 11.6 Å². The zero-order valence-electron chi connectivity index (χ0n) is 14.4. The number of nitrogens with one attached hydrogen (secondary N) is 1. The normalized spacial score (nSPS) is 15.9. The van der Waals surface area contributed by atoms with Crippen LogP contribution in [0.2, 0.25) is 0 Å². The van der Waals surface area contributed by atoms with Crippen molar-refractivity contribution in [2.24, 2.45) is 5.92 Å². The topological polar surface area (TPSA) is 55.1 Å². The molecule has 4 heteroatoms. The van der Waals surface area contributed by atoms with Crippen LogP contribution < -0.4 is 11.1 Å². The number of benzene rings is 2. The van der Waals surface area contributed by atoms with Crippen molar-refractivity contribution in [3.05, 3.63) is 65.5 Å². The predicted octanol–water partition coefficient (Wildman–Crippen LogP) is 4.39. The van der Waals surface area contributed by atoms with Gasteiger partial charge in [0.15, 0.2) is 0 Å². The third kappa shape index (κ3) is 4.59. The van der Waals surface area contributed by atoms with E-state index in [4.69, 9.17) is 5.73 Å². The maximum Gasteiger partial charge on any atom is 0.220 e. The van der Waals surface area contributed by atoms with E-state index in [2.05, 4.69) is 5.32 Å². The molecular weight excluding hydrogens is 315 g/mol. The smallest absolute Gasteiger partial charge is 0.220 e. The molecule has 0 spiro atoms. The molecular formula is C21H25FN2O. The third-order valence-electron chi connectivity index (χ3n) is 5.07. The quantitative estimate of drug-likeness (QED) is 0.766. The summed E-state index contributed by atoms with van der Waals surface area (Å²) in [6, 6.07) is 14.1. The Morgan fingerprint density at radius 2 is 1.92 bits per heavy atom. The number of carbonyl (C=O) groups excluding carboxylic acids is 1. The lowest BCUT2D eigenvalue weighted by molar-refractivity contribution is -0.122. The maximum absolute atomic E-state index is 13.6. The molecule has 3 rings (SSSR count). The van der Waals surface area contributed by atoms with Gasteiger partial charge in [0.2, 0.25) is 5.91 Å². The molecule has 0 saturated heterocycles. The van der Waals surface area contributed by atoms with Crippen LogP contribution in [-0.2, 0) is 11.2 Å². The van der Waals surface area contributed by atoms with E-state index in [-0.39, 0.29) is 17.8 Å². The van der Waals surface area contributed by atoms with Gasteiger partial charge in [0.05, 0.1) is 6.04 Å². The summed E-state index contributed by atoms with van der Waals surface area (Å²) >= 11 is 0. The summed E-state index contributed by atoms with van der Waals surface area (Å²) in [5.74, 6) is 0.115. The number of rotatable bonds is 6. The van der Waals surface area contributed by atoms with E-state index in [9.17, 15) is 9.18 Å². The standard InChI is InChI=1S/C21H25FN2O/c22-18-10-5-9-17(14-18)21(16-7-1-2-8-16)24-20(25)13-12-15-6-3-4-11-19(15)23/h3-6,9-11,14,16,21H,1-2,7-8,12-13,23H2,(H,24,25). The van der Waals surface area contributed by atoms with Crippen molar-refractivity contribution in [3.8, 4) is 0 Å². The first-order chi connectivity index (χ1) is 12.1. The highest BCUT2D eigenvalue weighted by molar-refractivity contribution is 5.77. The van der Waals surface area contributed by atoms with Gasteiger partial charge in [-0.3, -0.25) is 4.79 Å². The monoisotopic (exact) mass is 340 g/mol. The lowest BCUT2D eigenvalue weighted by Crippen LogP contribution is -2.33. The van der Waals surface area contributed by atoms with Gasteiger partial charge in [-0.05, 0) is 54.5 Å². The van der Waals surface area contributed by atoms with Gasteiger partial charge >= 0.3 is 0 Å².